The molecule has 1 heterocycles. The van der Waals surface area contributed by atoms with E-state index in [1.54, 1.807) is 32.9 Å². The second-order valence-electron chi connectivity index (χ2n) is 5.17. The van der Waals surface area contributed by atoms with E-state index in [0.717, 1.165) is 16.7 Å². The standard InChI is InChI=1S/C13H16O3S/c1-9-8-17(15,16)12-5-4-10(6-11(9)12)7-13(2,3)14/h4-6,8,14H,7H2,1-3H3. The molecule has 0 unspecified atom stereocenters. The van der Waals surface area contributed by atoms with E-state index < -0.39 is 15.4 Å². The van der Waals surface area contributed by atoms with Crippen molar-refractivity contribution in [3.05, 3.63) is 34.7 Å². The first-order valence-electron chi connectivity index (χ1n) is 5.48. The summed E-state index contributed by atoms with van der Waals surface area (Å²) < 4.78 is 23.5. The summed E-state index contributed by atoms with van der Waals surface area (Å²) in [6.45, 7) is 5.26. The van der Waals surface area contributed by atoms with Crippen molar-refractivity contribution in [1.82, 2.24) is 0 Å². The highest BCUT2D eigenvalue weighted by Crippen LogP contribution is 2.34. The Morgan fingerprint density at radius 3 is 2.53 bits per heavy atom. The number of fused-ring (bicyclic) bond motifs is 1. The number of benzene rings is 1. The Kier molecular flexibility index (Phi) is 2.67. The molecule has 2 rings (SSSR count). The largest absolute Gasteiger partial charge is 0.390 e. The molecule has 3 nitrogen and oxygen atoms in total. The Morgan fingerprint density at radius 2 is 1.94 bits per heavy atom. The molecule has 4 heteroatoms. The van der Waals surface area contributed by atoms with Crippen molar-refractivity contribution >= 4 is 15.4 Å². The minimum atomic E-state index is -3.24. The third-order valence-corrected chi connectivity index (χ3v) is 4.38. The molecule has 0 aliphatic carbocycles. The molecule has 1 N–H and O–H groups in total. The van der Waals surface area contributed by atoms with Crippen LogP contribution in [0.1, 0.15) is 31.9 Å². The Bertz CT molecular complexity index is 590. The van der Waals surface area contributed by atoms with E-state index in [9.17, 15) is 13.5 Å². The second kappa shape index (κ2) is 3.68. The van der Waals surface area contributed by atoms with Crippen molar-refractivity contribution in [3.63, 3.8) is 0 Å². The average Bonchev–Trinajstić information content (AvgIpc) is 2.34. The maximum Gasteiger partial charge on any atom is 0.200 e. The minimum absolute atomic E-state index is 0.370. The van der Waals surface area contributed by atoms with Crippen LogP contribution in [0.5, 0.6) is 0 Å². The molecule has 1 aliphatic heterocycles. The summed E-state index contributed by atoms with van der Waals surface area (Å²) in [5.41, 5.74) is 1.68. The van der Waals surface area contributed by atoms with E-state index in [1.807, 2.05) is 6.07 Å². The van der Waals surface area contributed by atoms with Crippen LogP contribution in [0.15, 0.2) is 28.5 Å². The third-order valence-electron chi connectivity index (χ3n) is 2.74. The lowest BCUT2D eigenvalue weighted by molar-refractivity contribution is 0.0810. The molecule has 0 atom stereocenters. The summed E-state index contributed by atoms with van der Waals surface area (Å²) in [6.07, 6.45) is 0.508. The van der Waals surface area contributed by atoms with Crippen molar-refractivity contribution in [2.45, 2.75) is 37.7 Å². The quantitative estimate of drug-likeness (QED) is 0.877. The van der Waals surface area contributed by atoms with Crippen molar-refractivity contribution in [2.24, 2.45) is 0 Å². The Morgan fingerprint density at radius 1 is 1.29 bits per heavy atom. The topological polar surface area (TPSA) is 54.4 Å². The van der Waals surface area contributed by atoms with E-state index in [4.69, 9.17) is 0 Å². The summed E-state index contributed by atoms with van der Waals surface area (Å²) in [5.74, 6) is 0. The number of rotatable bonds is 2. The molecule has 0 bridgehead atoms. The van der Waals surface area contributed by atoms with E-state index in [0.29, 0.717) is 11.3 Å². The monoisotopic (exact) mass is 252 g/mol. The van der Waals surface area contributed by atoms with Crippen LogP contribution in [0.25, 0.3) is 5.57 Å². The van der Waals surface area contributed by atoms with Gasteiger partial charge < -0.3 is 5.11 Å². The Balaban J connectivity index is 2.47. The van der Waals surface area contributed by atoms with Crippen molar-refractivity contribution in [3.8, 4) is 0 Å². The first kappa shape index (κ1) is 12.3. The maximum absolute atomic E-state index is 11.7. The van der Waals surface area contributed by atoms with E-state index in [2.05, 4.69) is 0 Å². The van der Waals surface area contributed by atoms with Crippen LogP contribution in [-0.4, -0.2) is 19.1 Å². The van der Waals surface area contributed by atoms with Gasteiger partial charge in [-0.3, -0.25) is 0 Å². The molecular formula is C13H16O3S. The molecule has 0 saturated heterocycles. The van der Waals surface area contributed by atoms with Crippen LogP contribution in [0.4, 0.5) is 0 Å². The Hall–Kier alpha value is -1.13. The van der Waals surface area contributed by atoms with E-state index in [1.165, 1.54) is 5.41 Å². The van der Waals surface area contributed by atoms with Crippen LogP contribution >= 0.6 is 0 Å². The van der Waals surface area contributed by atoms with Gasteiger partial charge in [0, 0.05) is 11.8 Å². The molecule has 0 fully saturated rings. The fourth-order valence-corrected chi connectivity index (χ4v) is 3.61. The normalized spacial score (nSPS) is 17.8. The van der Waals surface area contributed by atoms with Crippen molar-refractivity contribution in [1.29, 1.82) is 0 Å². The molecule has 1 aromatic rings. The number of sulfone groups is 1. The predicted octanol–water partition coefficient (Wildman–Crippen LogP) is 2.15. The zero-order chi connectivity index (χ0) is 12.8. The van der Waals surface area contributed by atoms with Gasteiger partial charge in [-0.15, -0.1) is 0 Å². The van der Waals surface area contributed by atoms with Gasteiger partial charge >= 0.3 is 0 Å². The molecule has 0 aromatic heterocycles. The zero-order valence-electron chi connectivity index (χ0n) is 10.2. The lowest BCUT2D eigenvalue weighted by atomic mass is 9.96. The second-order valence-corrected chi connectivity index (χ2v) is 6.93. The van der Waals surface area contributed by atoms with Gasteiger partial charge in [0.25, 0.3) is 0 Å². The number of hydrogen-bond acceptors (Lipinski definition) is 3. The molecule has 92 valence electrons. The molecular weight excluding hydrogens is 236 g/mol. The molecule has 1 aliphatic rings. The lowest BCUT2D eigenvalue weighted by Crippen LogP contribution is -2.21. The van der Waals surface area contributed by atoms with Crippen LogP contribution in [0.3, 0.4) is 0 Å². The van der Waals surface area contributed by atoms with Gasteiger partial charge in [-0.2, -0.15) is 0 Å². The van der Waals surface area contributed by atoms with Crippen LogP contribution in [0.2, 0.25) is 0 Å². The fourth-order valence-electron chi connectivity index (χ4n) is 2.10. The summed E-state index contributed by atoms with van der Waals surface area (Å²) >= 11 is 0. The molecule has 0 saturated carbocycles. The third kappa shape index (κ3) is 2.42. The maximum atomic E-state index is 11.7. The fraction of sp³-hybridized carbons (Fsp3) is 0.385. The number of hydrogen-bond donors (Lipinski definition) is 1. The summed E-state index contributed by atoms with van der Waals surface area (Å²) in [5, 5.41) is 11.1. The predicted molar refractivity (Wildman–Crippen MR) is 67.3 cm³/mol. The highest BCUT2D eigenvalue weighted by molar-refractivity contribution is 7.95. The van der Waals surface area contributed by atoms with Crippen molar-refractivity contribution in [2.75, 3.05) is 0 Å². The molecule has 17 heavy (non-hydrogen) atoms. The van der Waals surface area contributed by atoms with Gasteiger partial charge in [0.1, 0.15) is 0 Å². The van der Waals surface area contributed by atoms with E-state index >= 15 is 0 Å². The first-order chi connectivity index (χ1) is 7.69. The van der Waals surface area contributed by atoms with Crippen LogP contribution < -0.4 is 0 Å². The molecule has 0 radical (unpaired) electrons. The summed E-state index contributed by atoms with van der Waals surface area (Å²) in [4.78, 5) is 0.370. The van der Waals surface area contributed by atoms with Gasteiger partial charge in [0.15, 0.2) is 0 Å². The van der Waals surface area contributed by atoms with Crippen molar-refractivity contribution < 1.29 is 13.5 Å². The van der Waals surface area contributed by atoms with Gasteiger partial charge in [-0.1, -0.05) is 12.1 Å². The van der Waals surface area contributed by atoms with E-state index in [-0.39, 0.29) is 0 Å². The van der Waals surface area contributed by atoms with Gasteiger partial charge in [0.2, 0.25) is 9.84 Å². The molecule has 0 spiro atoms. The van der Waals surface area contributed by atoms with Crippen LogP contribution in [-0.2, 0) is 16.3 Å². The Labute approximate surface area is 102 Å². The SMILES string of the molecule is CC1=CS(=O)(=O)c2ccc(CC(C)(C)O)cc21. The highest BCUT2D eigenvalue weighted by Gasteiger charge is 2.25. The average molecular weight is 252 g/mol. The number of aliphatic hydroxyl groups is 1. The zero-order valence-corrected chi connectivity index (χ0v) is 11.0. The van der Waals surface area contributed by atoms with Gasteiger partial charge in [-0.05, 0) is 43.5 Å². The van der Waals surface area contributed by atoms with Gasteiger partial charge in [0.05, 0.1) is 10.5 Å². The molecule has 0 amide bonds. The summed E-state index contributed by atoms with van der Waals surface area (Å²) in [6, 6.07) is 5.24. The highest BCUT2D eigenvalue weighted by atomic mass is 32.2. The van der Waals surface area contributed by atoms with Crippen LogP contribution in [0, 0.1) is 0 Å². The van der Waals surface area contributed by atoms with Gasteiger partial charge in [-0.25, -0.2) is 8.42 Å². The lowest BCUT2D eigenvalue weighted by Gasteiger charge is -2.17. The smallest absolute Gasteiger partial charge is 0.200 e. The summed E-state index contributed by atoms with van der Waals surface area (Å²) in [7, 11) is -3.24. The number of allylic oxidation sites excluding steroid dienone is 1. The minimum Gasteiger partial charge on any atom is -0.390 e. The molecule has 1 aromatic carbocycles. The first-order valence-corrected chi connectivity index (χ1v) is 7.03.